The molecule has 0 N–H and O–H groups in total. The fourth-order valence-electron chi connectivity index (χ4n) is 3.53. The number of benzene rings is 1. The van der Waals surface area contributed by atoms with Gasteiger partial charge in [-0.15, -0.1) is 0 Å². The molecule has 1 aliphatic rings. The van der Waals surface area contributed by atoms with Crippen LogP contribution in [0.3, 0.4) is 0 Å². The Kier molecular flexibility index (Phi) is 6.31. The third-order valence-electron chi connectivity index (χ3n) is 5.05. The maximum Gasteiger partial charge on any atom is 0.345 e. The molecule has 2 heterocycles. The molecule has 0 spiro atoms. The number of hydrogen-bond acceptors (Lipinski definition) is 5. The van der Waals surface area contributed by atoms with Crippen molar-refractivity contribution in [3.8, 4) is 0 Å². The summed E-state index contributed by atoms with van der Waals surface area (Å²) in [6.45, 7) is 3.64. The van der Waals surface area contributed by atoms with E-state index in [0.717, 1.165) is 6.07 Å². The third-order valence-corrected chi connectivity index (χ3v) is 6.98. The minimum atomic E-state index is -3.88. The van der Waals surface area contributed by atoms with Crippen LogP contribution in [-0.2, 0) is 27.8 Å². The van der Waals surface area contributed by atoms with Crippen LogP contribution in [0.4, 0.5) is 4.39 Å². The molecule has 2 aromatic rings. The van der Waals surface area contributed by atoms with E-state index in [-0.39, 0.29) is 29.6 Å². The molecule has 1 aromatic carbocycles. The zero-order valence-corrected chi connectivity index (χ0v) is 16.9. The first-order valence-electron chi connectivity index (χ1n) is 9.31. The average Bonchev–Trinajstić information content (AvgIpc) is 3.02. The number of methoxy groups -OCH3 is 1. The first-order valence-corrected chi connectivity index (χ1v) is 10.7. The van der Waals surface area contributed by atoms with Crippen molar-refractivity contribution < 1.29 is 17.5 Å². The molecule has 0 unspecified atom stereocenters. The van der Waals surface area contributed by atoms with Crippen LogP contribution in [0.15, 0.2) is 34.0 Å². The summed E-state index contributed by atoms with van der Waals surface area (Å²) in [5.41, 5.74) is -0.184. The predicted molar refractivity (Wildman–Crippen MR) is 101 cm³/mol. The van der Waals surface area contributed by atoms with Gasteiger partial charge in [0.05, 0.1) is 13.2 Å². The van der Waals surface area contributed by atoms with E-state index in [2.05, 4.69) is 5.10 Å². The van der Waals surface area contributed by atoms with Crippen molar-refractivity contribution in [2.24, 2.45) is 0 Å². The molecule has 28 heavy (non-hydrogen) atoms. The highest BCUT2D eigenvalue weighted by atomic mass is 32.2. The van der Waals surface area contributed by atoms with Crippen LogP contribution in [0.5, 0.6) is 0 Å². The lowest BCUT2D eigenvalue weighted by atomic mass is 9.97. The van der Waals surface area contributed by atoms with E-state index in [1.54, 1.807) is 11.7 Å². The van der Waals surface area contributed by atoms with Gasteiger partial charge in [0.25, 0.3) is 0 Å². The zero-order valence-electron chi connectivity index (χ0n) is 16.0. The van der Waals surface area contributed by atoms with Crippen LogP contribution < -0.4 is 5.69 Å². The van der Waals surface area contributed by atoms with Gasteiger partial charge in [0.1, 0.15) is 16.5 Å². The summed E-state index contributed by atoms with van der Waals surface area (Å²) in [7, 11) is -2.32. The summed E-state index contributed by atoms with van der Waals surface area (Å²) in [5, 5.41) is 4.46. The fourth-order valence-corrected chi connectivity index (χ4v) is 5.06. The maximum absolute atomic E-state index is 14.0. The minimum Gasteiger partial charge on any atom is -0.383 e. The van der Waals surface area contributed by atoms with Gasteiger partial charge in [-0.25, -0.2) is 22.3 Å². The normalized spacial score (nSPS) is 16.5. The number of ether oxygens (including phenoxy) is 1. The maximum atomic E-state index is 14.0. The summed E-state index contributed by atoms with van der Waals surface area (Å²) in [4.78, 5) is 12.2. The topological polar surface area (TPSA) is 86.4 Å². The Morgan fingerprint density at radius 3 is 2.54 bits per heavy atom. The van der Waals surface area contributed by atoms with Gasteiger partial charge in [-0.2, -0.15) is 9.40 Å². The molecule has 0 aliphatic carbocycles. The van der Waals surface area contributed by atoms with E-state index in [4.69, 9.17) is 4.74 Å². The van der Waals surface area contributed by atoms with E-state index in [9.17, 15) is 17.6 Å². The molecule has 1 saturated heterocycles. The van der Waals surface area contributed by atoms with Crippen molar-refractivity contribution >= 4 is 10.0 Å². The molecule has 10 heteroatoms. The Morgan fingerprint density at radius 1 is 1.25 bits per heavy atom. The summed E-state index contributed by atoms with van der Waals surface area (Å²) in [5.74, 6) is -0.101. The minimum absolute atomic E-state index is 0.0245. The van der Waals surface area contributed by atoms with Gasteiger partial charge >= 0.3 is 5.69 Å². The monoisotopic (exact) mass is 412 g/mol. The van der Waals surface area contributed by atoms with Crippen LogP contribution in [0.25, 0.3) is 0 Å². The van der Waals surface area contributed by atoms with Gasteiger partial charge in [0.2, 0.25) is 10.0 Å². The molecular formula is C18H25FN4O4S. The lowest BCUT2D eigenvalue weighted by Crippen LogP contribution is -2.39. The smallest absolute Gasteiger partial charge is 0.345 e. The van der Waals surface area contributed by atoms with E-state index in [1.807, 2.05) is 6.92 Å². The van der Waals surface area contributed by atoms with Crippen LogP contribution in [0.1, 0.15) is 31.5 Å². The molecular weight excluding hydrogens is 387 g/mol. The van der Waals surface area contributed by atoms with Gasteiger partial charge in [-0.1, -0.05) is 12.1 Å². The SMILES string of the molecule is CCn1c(C2CCN(S(=O)(=O)c3ccccc3F)CC2)nn(CCOC)c1=O. The van der Waals surface area contributed by atoms with Crippen molar-refractivity contribution in [2.45, 2.75) is 43.7 Å². The summed E-state index contributed by atoms with van der Waals surface area (Å²) in [6, 6.07) is 5.40. The van der Waals surface area contributed by atoms with Crippen molar-refractivity contribution in [1.29, 1.82) is 0 Å². The van der Waals surface area contributed by atoms with Crippen molar-refractivity contribution in [1.82, 2.24) is 18.7 Å². The summed E-state index contributed by atoms with van der Waals surface area (Å²) < 4.78 is 48.8. The Bertz CT molecular complexity index is 978. The standard InChI is InChI=1S/C18H25FN4O4S/c1-3-22-17(20-23(18(22)24)12-13-27-2)14-8-10-21(11-9-14)28(25,26)16-7-5-4-6-15(16)19/h4-7,14H,3,8-13H2,1-2H3. The average molecular weight is 412 g/mol. The molecule has 0 radical (unpaired) electrons. The van der Waals surface area contributed by atoms with E-state index in [1.165, 1.54) is 27.2 Å². The summed E-state index contributed by atoms with van der Waals surface area (Å²) >= 11 is 0. The number of halogens is 1. The van der Waals surface area contributed by atoms with Crippen LogP contribution >= 0.6 is 0 Å². The molecule has 1 fully saturated rings. The molecule has 0 saturated carbocycles. The second-order valence-corrected chi connectivity index (χ2v) is 8.62. The highest BCUT2D eigenvalue weighted by Gasteiger charge is 2.33. The van der Waals surface area contributed by atoms with Crippen molar-refractivity contribution in [3.63, 3.8) is 0 Å². The lowest BCUT2D eigenvalue weighted by molar-refractivity contribution is 0.182. The Hall–Kier alpha value is -2.04. The molecule has 3 rings (SSSR count). The van der Waals surface area contributed by atoms with E-state index >= 15 is 0 Å². The predicted octanol–water partition coefficient (Wildman–Crippen LogP) is 1.42. The highest BCUT2D eigenvalue weighted by molar-refractivity contribution is 7.89. The van der Waals surface area contributed by atoms with Crippen LogP contribution in [0.2, 0.25) is 0 Å². The first-order chi connectivity index (χ1) is 13.4. The third kappa shape index (κ3) is 3.89. The number of rotatable bonds is 7. The van der Waals surface area contributed by atoms with Gasteiger partial charge in [0, 0.05) is 32.7 Å². The van der Waals surface area contributed by atoms with Gasteiger partial charge < -0.3 is 4.74 Å². The number of nitrogens with zero attached hydrogens (tertiary/aromatic N) is 4. The van der Waals surface area contributed by atoms with Gasteiger partial charge in [0.15, 0.2) is 0 Å². The zero-order chi connectivity index (χ0) is 20.3. The number of sulfonamides is 1. The Morgan fingerprint density at radius 2 is 1.93 bits per heavy atom. The molecule has 1 aromatic heterocycles. The second-order valence-electron chi connectivity index (χ2n) is 6.71. The molecule has 0 amide bonds. The number of piperidine rings is 1. The van der Waals surface area contributed by atoms with E-state index < -0.39 is 15.8 Å². The largest absolute Gasteiger partial charge is 0.383 e. The van der Waals surface area contributed by atoms with E-state index in [0.29, 0.717) is 38.4 Å². The quantitative estimate of drug-likeness (QED) is 0.687. The molecule has 154 valence electrons. The van der Waals surface area contributed by atoms with Crippen LogP contribution in [-0.4, -0.2) is 53.9 Å². The summed E-state index contributed by atoms with van der Waals surface area (Å²) in [6.07, 6.45) is 1.04. The fraction of sp³-hybridized carbons (Fsp3) is 0.556. The second kappa shape index (κ2) is 8.54. The highest BCUT2D eigenvalue weighted by Crippen LogP contribution is 2.30. The van der Waals surface area contributed by atoms with Gasteiger partial charge in [-0.05, 0) is 31.9 Å². The van der Waals surface area contributed by atoms with Gasteiger partial charge in [-0.3, -0.25) is 4.57 Å². The molecule has 0 bridgehead atoms. The molecule has 0 atom stereocenters. The number of hydrogen-bond donors (Lipinski definition) is 0. The van der Waals surface area contributed by atoms with Crippen LogP contribution in [0, 0.1) is 5.82 Å². The Balaban J connectivity index is 1.77. The molecule has 8 nitrogen and oxygen atoms in total. The molecule has 1 aliphatic heterocycles. The first kappa shape index (κ1) is 20.7. The number of aromatic nitrogens is 3. The lowest BCUT2D eigenvalue weighted by Gasteiger charge is -2.30. The van der Waals surface area contributed by atoms with Crippen molar-refractivity contribution in [3.05, 3.63) is 46.4 Å². The van der Waals surface area contributed by atoms with Crippen molar-refractivity contribution in [2.75, 3.05) is 26.8 Å². The Labute approximate surface area is 163 Å².